The average molecular weight is 258 g/mol. The predicted octanol–water partition coefficient (Wildman–Crippen LogP) is 3.00. The number of benzene rings is 1. The van der Waals surface area contributed by atoms with Gasteiger partial charge in [0, 0.05) is 25.3 Å². The number of hydrogen-bond acceptors (Lipinski definition) is 2. The molecule has 2 rings (SSSR count). The van der Waals surface area contributed by atoms with E-state index in [4.69, 9.17) is 16.3 Å². The van der Waals surface area contributed by atoms with E-state index < -0.39 is 0 Å². The van der Waals surface area contributed by atoms with Crippen molar-refractivity contribution in [2.75, 3.05) is 19.8 Å². The minimum absolute atomic E-state index is 0.190. The average Bonchev–Trinajstić information content (AvgIpc) is 2.36. The van der Waals surface area contributed by atoms with Crippen molar-refractivity contribution < 1.29 is 9.13 Å². The van der Waals surface area contributed by atoms with Crippen LogP contribution in [0, 0.1) is 11.7 Å². The monoisotopic (exact) mass is 257 g/mol. The van der Waals surface area contributed by atoms with Crippen molar-refractivity contribution in [3.8, 4) is 0 Å². The lowest BCUT2D eigenvalue weighted by molar-refractivity contribution is 0.0662. The van der Waals surface area contributed by atoms with Crippen molar-refractivity contribution >= 4 is 11.6 Å². The van der Waals surface area contributed by atoms with Gasteiger partial charge in [-0.2, -0.15) is 0 Å². The second-order valence-electron chi connectivity index (χ2n) is 4.40. The zero-order valence-electron chi connectivity index (χ0n) is 9.72. The lowest BCUT2D eigenvalue weighted by Crippen LogP contribution is -2.27. The minimum atomic E-state index is -0.311. The van der Waals surface area contributed by atoms with Crippen LogP contribution in [0.4, 0.5) is 4.39 Å². The maximum atomic E-state index is 13.6. The normalized spacial score (nSPS) is 17.3. The van der Waals surface area contributed by atoms with E-state index in [1.54, 1.807) is 18.2 Å². The Labute approximate surface area is 106 Å². The molecule has 1 aromatic rings. The van der Waals surface area contributed by atoms with Crippen molar-refractivity contribution in [2.24, 2.45) is 5.92 Å². The molecule has 1 saturated heterocycles. The highest BCUT2D eigenvalue weighted by molar-refractivity contribution is 6.30. The van der Waals surface area contributed by atoms with Crippen LogP contribution in [0.5, 0.6) is 0 Å². The summed E-state index contributed by atoms with van der Waals surface area (Å²) in [5.74, 6) is 0.333. The Morgan fingerprint density at radius 2 is 2.12 bits per heavy atom. The predicted molar refractivity (Wildman–Crippen MR) is 66.7 cm³/mol. The highest BCUT2D eigenvalue weighted by Crippen LogP contribution is 2.18. The van der Waals surface area contributed by atoms with Gasteiger partial charge in [-0.05, 0) is 31.4 Å². The highest BCUT2D eigenvalue weighted by atomic mass is 35.5. The largest absolute Gasteiger partial charge is 0.381 e. The number of rotatable bonds is 4. The molecule has 0 unspecified atom stereocenters. The van der Waals surface area contributed by atoms with Crippen LogP contribution >= 0.6 is 11.6 Å². The molecule has 0 bridgehead atoms. The van der Waals surface area contributed by atoms with Crippen LogP contribution in [0.1, 0.15) is 18.4 Å². The molecule has 94 valence electrons. The van der Waals surface area contributed by atoms with E-state index in [1.165, 1.54) is 0 Å². The zero-order chi connectivity index (χ0) is 12.1. The molecule has 0 radical (unpaired) electrons. The topological polar surface area (TPSA) is 21.3 Å². The molecule has 17 heavy (non-hydrogen) atoms. The van der Waals surface area contributed by atoms with Gasteiger partial charge in [0.1, 0.15) is 5.82 Å². The lowest BCUT2D eigenvalue weighted by atomic mass is 10.0. The minimum Gasteiger partial charge on any atom is -0.381 e. The molecule has 1 aliphatic heterocycles. The van der Waals surface area contributed by atoms with Gasteiger partial charge in [-0.15, -0.1) is 0 Å². The summed E-state index contributed by atoms with van der Waals surface area (Å²) in [6.45, 7) is 3.13. The third-order valence-corrected chi connectivity index (χ3v) is 3.41. The van der Waals surface area contributed by atoms with Crippen LogP contribution in [0.15, 0.2) is 18.2 Å². The molecule has 0 saturated carbocycles. The fourth-order valence-electron chi connectivity index (χ4n) is 2.05. The first-order chi connectivity index (χ1) is 8.27. The SMILES string of the molecule is Fc1c(Cl)cccc1CNCC1CCOCC1. The van der Waals surface area contributed by atoms with Crippen molar-refractivity contribution in [1.82, 2.24) is 5.32 Å². The summed E-state index contributed by atoms with van der Waals surface area (Å²) in [6.07, 6.45) is 2.18. The molecular weight excluding hydrogens is 241 g/mol. The molecule has 4 heteroatoms. The van der Waals surface area contributed by atoms with Gasteiger partial charge in [-0.25, -0.2) is 4.39 Å². The Kier molecular flexibility index (Phi) is 4.77. The Balaban J connectivity index is 1.79. The molecule has 1 aromatic carbocycles. The fourth-order valence-corrected chi connectivity index (χ4v) is 2.24. The van der Waals surface area contributed by atoms with E-state index in [2.05, 4.69) is 5.32 Å². The summed E-state index contributed by atoms with van der Waals surface area (Å²) in [5.41, 5.74) is 0.629. The number of ether oxygens (including phenoxy) is 1. The Morgan fingerprint density at radius 1 is 1.35 bits per heavy atom. The molecule has 1 fully saturated rings. The number of nitrogens with one attached hydrogen (secondary N) is 1. The second kappa shape index (κ2) is 6.34. The van der Waals surface area contributed by atoms with E-state index >= 15 is 0 Å². The van der Waals surface area contributed by atoms with Crippen LogP contribution in [0.3, 0.4) is 0 Å². The first-order valence-electron chi connectivity index (χ1n) is 5.98. The van der Waals surface area contributed by atoms with Gasteiger partial charge < -0.3 is 10.1 Å². The van der Waals surface area contributed by atoms with Gasteiger partial charge in [0.15, 0.2) is 0 Å². The van der Waals surface area contributed by atoms with Gasteiger partial charge in [0.2, 0.25) is 0 Å². The molecule has 0 aliphatic carbocycles. The summed E-state index contributed by atoms with van der Waals surface area (Å²) < 4.78 is 18.9. The Bertz CT molecular complexity index is 366. The van der Waals surface area contributed by atoms with Crippen LogP contribution < -0.4 is 5.32 Å². The number of halogens is 2. The number of hydrogen-bond donors (Lipinski definition) is 1. The molecule has 0 amide bonds. The Morgan fingerprint density at radius 3 is 2.88 bits per heavy atom. The van der Waals surface area contributed by atoms with E-state index in [0.29, 0.717) is 18.0 Å². The molecule has 2 nitrogen and oxygen atoms in total. The van der Waals surface area contributed by atoms with E-state index in [-0.39, 0.29) is 10.8 Å². The molecule has 0 aromatic heterocycles. The molecule has 1 aliphatic rings. The van der Waals surface area contributed by atoms with Gasteiger partial charge in [-0.3, -0.25) is 0 Å². The molecule has 0 spiro atoms. The lowest BCUT2D eigenvalue weighted by Gasteiger charge is -2.22. The standard InChI is InChI=1S/C13H17ClFNO/c14-12-3-1-2-11(13(12)15)9-16-8-10-4-6-17-7-5-10/h1-3,10,16H,4-9H2. The van der Waals surface area contributed by atoms with Crippen molar-refractivity contribution in [1.29, 1.82) is 0 Å². The summed E-state index contributed by atoms with van der Waals surface area (Å²) in [5, 5.41) is 3.48. The first kappa shape index (κ1) is 12.8. The summed E-state index contributed by atoms with van der Waals surface area (Å²) in [4.78, 5) is 0. The second-order valence-corrected chi connectivity index (χ2v) is 4.81. The Hall–Kier alpha value is -0.640. The summed E-state index contributed by atoms with van der Waals surface area (Å²) in [7, 11) is 0. The van der Waals surface area contributed by atoms with E-state index in [9.17, 15) is 4.39 Å². The van der Waals surface area contributed by atoms with Crippen LogP contribution in [0.25, 0.3) is 0 Å². The highest BCUT2D eigenvalue weighted by Gasteiger charge is 2.13. The van der Waals surface area contributed by atoms with Gasteiger partial charge in [-0.1, -0.05) is 23.7 Å². The van der Waals surface area contributed by atoms with E-state index in [0.717, 1.165) is 32.6 Å². The third-order valence-electron chi connectivity index (χ3n) is 3.12. The van der Waals surface area contributed by atoms with Crippen LogP contribution in [0.2, 0.25) is 5.02 Å². The first-order valence-corrected chi connectivity index (χ1v) is 6.36. The maximum Gasteiger partial charge on any atom is 0.146 e. The maximum absolute atomic E-state index is 13.6. The van der Waals surface area contributed by atoms with Crippen molar-refractivity contribution in [3.63, 3.8) is 0 Å². The molecule has 0 atom stereocenters. The quantitative estimate of drug-likeness (QED) is 0.895. The van der Waals surface area contributed by atoms with E-state index in [1.807, 2.05) is 0 Å². The summed E-state index contributed by atoms with van der Waals surface area (Å²) in [6, 6.07) is 5.11. The van der Waals surface area contributed by atoms with Gasteiger partial charge in [0.05, 0.1) is 5.02 Å². The molecular formula is C13H17ClFNO. The molecule has 1 heterocycles. The zero-order valence-corrected chi connectivity index (χ0v) is 10.5. The smallest absolute Gasteiger partial charge is 0.146 e. The van der Waals surface area contributed by atoms with Gasteiger partial charge >= 0.3 is 0 Å². The van der Waals surface area contributed by atoms with Gasteiger partial charge in [0.25, 0.3) is 0 Å². The fraction of sp³-hybridized carbons (Fsp3) is 0.538. The third kappa shape index (κ3) is 3.66. The summed E-state index contributed by atoms with van der Waals surface area (Å²) >= 11 is 5.72. The van der Waals surface area contributed by atoms with Crippen LogP contribution in [-0.4, -0.2) is 19.8 Å². The van der Waals surface area contributed by atoms with Crippen molar-refractivity contribution in [2.45, 2.75) is 19.4 Å². The van der Waals surface area contributed by atoms with Crippen molar-refractivity contribution in [3.05, 3.63) is 34.6 Å². The molecule has 1 N–H and O–H groups in total. The van der Waals surface area contributed by atoms with Crippen LogP contribution in [-0.2, 0) is 11.3 Å².